The summed E-state index contributed by atoms with van der Waals surface area (Å²) < 4.78 is 13.4. The molecule has 0 aliphatic heterocycles. The molecule has 0 spiro atoms. The highest BCUT2D eigenvalue weighted by atomic mass is 35.5. The van der Waals surface area contributed by atoms with Crippen LogP contribution in [0.15, 0.2) is 18.2 Å². The maximum Gasteiger partial charge on any atom is 0.238 e. The van der Waals surface area contributed by atoms with Crippen molar-refractivity contribution >= 4 is 23.2 Å². The number of nitrogens with one attached hydrogen (secondary N) is 1. The minimum Gasteiger partial charge on any atom is -0.329 e. The summed E-state index contributed by atoms with van der Waals surface area (Å²) in [4.78, 5) is 13.6. The number of carbonyl (C=O) groups excluding carboxylic acids is 1. The predicted molar refractivity (Wildman–Crippen MR) is 71.2 cm³/mol. The van der Waals surface area contributed by atoms with Gasteiger partial charge in [0.25, 0.3) is 0 Å². The molecule has 0 aliphatic carbocycles. The van der Waals surface area contributed by atoms with E-state index in [0.717, 1.165) is 6.07 Å². The van der Waals surface area contributed by atoms with Crippen molar-refractivity contribution < 1.29 is 9.18 Å². The fourth-order valence-electron chi connectivity index (χ4n) is 1.52. The standard InChI is InChI=1S/C12H17ClFN3O/c1-2-17(6-5-15)8-12(18)16-11-4-3-9(13)7-10(11)14/h3-4,7H,2,5-6,8,15H2,1H3,(H,16,18). The molecule has 0 aliphatic rings. The van der Waals surface area contributed by atoms with Crippen LogP contribution in [0.3, 0.4) is 0 Å². The van der Waals surface area contributed by atoms with Gasteiger partial charge < -0.3 is 11.1 Å². The molecular weight excluding hydrogens is 257 g/mol. The number of rotatable bonds is 6. The molecule has 0 atom stereocenters. The third-order valence-electron chi connectivity index (χ3n) is 2.46. The second kappa shape index (κ2) is 7.31. The quantitative estimate of drug-likeness (QED) is 0.829. The van der Waals surface area contributed by atoms with Gasteiger partial charge in [-0.15, -0.1) is 0 Å². The Bertz CT molecular complexity index is 414. The van der Waals surface area contributed by atoms with Gasteiger partial charge in [-0.3, -0.25) is 9.69 Å². The summed E-state index contributed by atoms with van der Waals surface area (Å²) in [6, 6.07) is 4.13. The van der Waals surface area contributed by atoms with Gasteiger partial charge in [0.05, 0.1) is 12.2 Å². The molecule has 0 radical (unpaired) electrons. The topological polar surface area (TPSA) is 58.4 Å². The molecule has 100 valence electrons. The van der Waals surface area contributed by atoms with Gasteiger partial charge in [0, 0.05) is 18.1 Å². The van der Waals surface area contributed by atoms with Gasteiger partial charge in [-0.2, -0.15) is 0 Å². The van der Waals surface area contributed by atoms with Gasteiger partial charge in [-0.05, 0) is 24.7 Å². The number of nitrogens with two attached hydrogens (primary N) is 1. The monoisotopic (exact) mass is 273 g/mol. The van der Waals surface area contributed by atoms with Crippen LogP contribution in [-0.4, -0.2) is 37.0 Å². The highest BCUT2D eigenvalue weighted by Gasteiger charge is 2.10. The van der Waals surface area contributed by atoms with Crippen molar-refractivity contribution in [3.63, 3.8) is 0 Å². The summed E-state index contributed by atoms with van der Waals surface area (Å²) in [6.07, 6.45) is 0. The molecule has 6 heteroatoms. The lowest BCUT2D eigenvalue weighted by Crippen LogP contribution is -2.36. The lowest BCUT2D eigenvalue weighted by Gasteiger charge is -2.18. The van der Waals surface area contributed by atoms with Gasteiger partial charge in [0.1, 0.15) is 5.82 Å². The number of nitrogens with zero attached hydrogens (tertiary/aromatic N) is 1. The summed E-state index contributed by atoms with van der Waals surface area (Å²) in [7, 11) is 0. The van der Waals surface area contributed by atoms with Crippen LogP contribution < -0.4 is 11.1 Å². The van der Waals surface area contributed by atoms with Gasteiger partial charge in [-0.25, -0.2) is 4.39 Å². The fourth-order valence-corrected chi connectivity index (χ4v) is 1.67. The summed E-state index contributed by atoms with van der Waals surface area (Å²) in [6.45, 7) is 3.96. The molecule has 1 rings (SSSR count). The Morgan fingerprint density at radius 1 is 1.56 bits per heavy atom. The molecule has 0 aromatic heterocycles. The zero-order chi connectivity index (χ0) is 13.5. The smallest absolute Gasteiger partial charge is 0.238 e. The summed E-state index contributed by atoms with van der Waals surface area (Å²) in [5, 5.41) is 2.80. The van der Waals surface area contributed by atoms with Crippen LogP contribution in [0.1, 0.15) is 6.92 Å². The Kier molecular flexibility index (Phi) is 6.04. The molecule has 1 aromatic rings. The number of likely N-dealkylation sites (N-methyl/N-ethyl adjacent to an activating group) is 1. The third kappa shape index (κ3) is 4.60. The normalized spacial score (nSPS) is 10.7. The van der Waals surface area contributed by atoms with Gasteiger partial charge in [0.2, 0.25) is 5.91 Å². The van der Waals surface area contributed by atoms with E-state index in [2.05, 4.69) is 5.32 Å². The Morgan fingerprint density at radius 2 is 2.28 bits per heavy atom. The van der Waals surface area contributed by atoms with Crippen LogP contribution in [0.5, 0.6) is 0 Å². The van der Waals surface area contributed by atoms with Crippen molar-refractivity contribution in [1.29, 1.82) is 0 Å². The van der Waals surface area contributed by atoms with E-state index in [0.29, 0.717) is 24.7 Å². The van der Waals surface area contributed by atoms with E-state index in [1.54, 1.807) is 0 Å². The van der Waals surface area contributed by atoms with Gasteiger partial charge in [-0.1, -0.05) is 18.5 Å². The minimum absolute atomic E-state index is 0.133. The molecule has 0 saturated carbocycles. The van der Waals surface area contributed by atoms with E-state index < -0.39 is 5.82 Å². The van der Waals surface area contributed by atoms with Crippen LogP contribution >= 0.6 is 11.6 Å². The van der Waals surface area contributed by atoms with Crippen molar-refractivity contribution in [1.82, 2.24) is 4.90 Å². The van der Waals surface area contributed by atoms with Crippen LogP contribution in [0, 0.1) is 5.82 Å². The van der Waals surface area contributed by atoms with E-state index in [1.165, 1.54) is 12.1 Å². The first-order valence-corrected chi connectivity index (χ1v) is 6.12. The first kappa shape index (κ1) is 14.9. The van der Waals surface area contributed by atoms with E-state index in [9.17, 15) is 9.18 Å². The lowest BCUT2D eigenvalue weighted by molar-refractivity contribution is -0.117. The van der Waals surface area contributed by atoms with E-state index >= 15 is 0 Å². The molecule has 0 saturated heterocycles. The number of halogens is 2. The van der Waals surface area contributed by atoms with Crippen molar-refractivity contribution in [2.45, 2.75) is 6.92 Å². The van der Waals surface area contributed by atoms with Crippen LogP contribution in [0.25, 0.3) is 0 Å². The zero-order valence-corrected chi connectivity index (χ0v) is 11.0. The van der Waals surface area contributed by atoms with Crippen molar-refractivity contribution in [2.24, 2.45) is 5.73 Å². The predicted octanol–water partition coefficient (Wildman–Crippen LogP) is 1.70. The first-order chi connectivity index (χ1) is 8.56. The molecule has 18 heavy (non-hydrogen) atoms. The Morgan fingerprint density at radius 3 is 2.83 bits per heavy atom. The molecular formula is C12H17ClFN3O. The number of carbonyl (C=O) groups is 1. The van der Waals surface area contributed by atoms with Crippen LogP contribution in [0.4, 0.5) is 10.1 Å². The highest BCUT2D eigenvalue weighted by Crippen LogP contribution is 2.18. The summed E-state index contributed by atoms with van der Waals surface area (Å²) >= 11 is 5.63. The highest BCUT2D eigenvalue weighted by molar-refractivity contribution is 6.30. The molecule has 0 bridgehead atoms. The second-order valence-corrected chi connectivity index (χ2v) is 4.27. The van der Waals surface area contributed by atoms with Gasteiger partial charge >= 0.3 is 0 Å². The molecule has 0 heterocycles. The fraction of sp³-hybridized carbons (Fsp3) is 0.417. The lowest BCUT2D eigenvalue weighted by atomic mass is 10.3. The maximum atomic E-state index is 13.4. The number of benzene rings is 1. The van der Waals surface area contributed by atoms with Crippen molar-refractivity contribution in [2.75, 3.05) is 31.5 Å². The maximum absolute atomic E-state index is 13.4. The Balaban J connectivity index is 2.58. The molecule has 1 aromatic carbocycles. The average Bonchev–Trinajstić information content (AvgIpc) is 2.32. The molecule has 3 N–H and O–H groups in total. The second-order valence-electron chi connectivity index (χ2n) is 3.83. The first-order valence-electron chi connectivity index (χ1n) is 5.74. The third-order valence-corrected chi connectivity index (χ3v) is 2.70. The Hall–Kier alpha value is -1.17. The van der Waals surface area contributed by atoms with E-state index in [-0.39, 0.29) is 18.1 Å². The Labute approximate surface area is 111 Å². The zero-order valence-electron chi connectivity index (χ0n) is 10.2. The van der Waals surface area contributed by atoms with Crippen molar-refractivity contribution in [3.05, 3.63) is 29.0 Å². The van der Waals surface area contributed by atoms with Crippen LogP contribution in [0.2, 0.25) is 5.02 Å². The number of hydrogen-bond acceptors (Lipinski definition) is 3. The SMILES string of the molecule is CCN(CCN)CC(=O)Nc1ccc(Cl)cc1F. The molecule has 0 fully saturated rings. The van der Waals surface area contributed by atoms with E-state index in [1.807, 2.05) is 11.8 Å². The average molecular weight is 274 g/mol. The van der Waals surface area contributed by atoms with Crippen LogP contribution in [-0.2, 0) is 4.79 Å². The largest absolute Gasteiger partial charge is 0.329 e. The van der Waals surface area contributed by atoms with E-state index in [4.69, 9.17) is 17.3 Å². The molecule has 1 amide bonds. The van der Waals surface area contributed by atoms with Gasteiger partial charge in [0.15, 0.2) is 0 Å². The summed E-state index contributed by atoms with van der Waals surface area (Å²) in [5.41, 5.74) is 5.56. The number of hydrogen-bond donors (Lipinski definition) is 2. The minimum atomic E-state index is -0.544. The number of amides is 1. The number of anilines is 1. The molecule has 4 nitrogen and oxygen atoms in total. The summed E-state index contributed by atoms with van der Waals surface area (Å²) in [5.74, 6) is -0.816. The molecule has 0 unspecified atom stereocenters. The van der Waals surface area contributed by atoms with Crippen molar-refractivity contribution in [3.8, 4) is 0 Å².